The van der Waals surface area contributed by atoms with Crippen LogP contribution in [0.25, 0.3) is 0 Å². The molecule has 0 saturated carbocycles. The number of aromatic nitrogens is 2. The summed E-state index contributed by atoms with van der Waals surface area (Å²) >= 11 is 0. The van der Waals surface area contributed by atoms with Crippen molar-refractivity contribution >= 4 is 0 Å². The number of methoxy groups -OCH3 is 1. The molecule has 2 unspecified atom stereocenters. The van der Waals surface area contributed by atoms with Gasteiger partial charge in [0.2, 0.25) is 5.89 Å². The van der Waals surface area contributed by atoms with Crippen molar-refractivity contribution in [3.63, 3.8) is 0 Å². The summed E-state index contributed by atoms with van der Waals surface area (Å²) in [4.78, 5) is 4.08. The second-order valence-electron chi connectivity index (χ2n) is 2.88. The maximum atomic E-state index is 5.68. The highest BCUT2D eigenvalue weighted by molar-refractivity contribution is 4.99. The van der Waals surface area contributed by atoms with Gasteiger partial charge in [-0.1, -0.05) is 5.16 Å². The first-order valence-corrected chi connectivity index (χ1v) is 4.24. The molecule has 1 aromatic heterocycles. The Morgan fingerprint density at radius 2 is 2.43 bits per heavy atom. The summed E-state index contributed by atoms with van der Waals surface area (Å²) in [6.45, 7) is 1.82. The number of nitrogens with zero attached hydrogens (tertiary/aromatic N) is 2. The lowest BCUT2D eigenvalue weighted by Crippen LogP contribution is -2.10. The number of terminal acetylenes is 1. The summed E-state index contributed by atoms with van der Waals surface area (Å²) in [5.74, 6) is 3.26. The highest BCUT2D eigenvalue weighted by Gasteiger charge is 2.16. The number of hydrogen-bond acceptors (Lipinski definition) is 5. The van der Waals surface area contributed by atoms with Gasteiger partial charge in [0, 0.05) is 13.5 Å². The maximum absolute atomic E-state index is 5.68. The van der Waals surface area contributed by atoms with Crippen LogP contribution < -0.4 is 5.73 Å². The molecule has 1 rings (SSSR count). The predicted molar refractivity (Wildman–Crippen MR) is 50.1 cm³/mol. The van der Waals surface area contributed by atoms with E-state index in [1.165, 1.54) is 0 Å². The number of rotatable bonds is 4. The molecule has 0 spiro atoms. The highest BCUT2D eigenvalue weighted by atomic mass is 16.5. The Labute approximate surface area is 82.6 Å². The van der Waals surface area contributed by atoms with Crippen molar-refractivity contribution in [3.8, 4) is 12.3 Å². The summed E-state index contributed by atoms with van der Waals surface area (Å²) < 4.78 is 9.96. The minimum Gasteiger partial charge on any atom is -0.374 e. The van der Waals surface area contributed by atoms with Crippen molar-refractivity contribution in [2.24, 2.45) is 5.73 Å². The van der Waals surface area contributed by atoms with E-state index in [0.717, 1.165) is 0 Å². The lowest BCUT2D eigenvalue weighted by atomic mass is 10.2. The second-order valence-corrected chi connectivity index (χ2v) is 2.88. The van der Waals surface area contributed by atoms with Crippen LogP contribution in [0.3, 0.4) is 0 Å². The van der Waals surface area contributed by atoms with Gasteiger partial charge in [-0.05, 0) is 6.92 Å². The molecule has 5 nitrogen and oxygen atoms in total. The Balaban J connectivity index is 2.73. The van der Waals surface area contributed by atoms with Crippen molar-refractivity contribution in [2.75, 3.05) is 7.11 Å². The molecule has 14 heavy (non-hydrogen) atoms. The van der Waals surface area contributed by atoms with Crippen LogP contribution in [0.5, 0.6) is 0 Å². The molecule has 0 radical (unpaired) electrons. The van der Waals surface area contributed by atoms with Crippen LogP contribution >= 0.6 is 0 Å². The number of nitrogens with two attached hydrogens (primary N) is 1. The average Bonchev–Trinajstić information content (AvgIpc) is 2.66. The van der Waals surface area contributed by atoms with Crippen molar-refractivity contribution in [1.82, 2.24) is 10.1 Å². The average molecular weight is 195 g/mol. The van der Waals surface area contributed by atoms with E-state index in [-0.39, 0.29) is 6.10 Å². The molecule has 1 aromatic rings. The minimum absolute atomic E-state index is 0.203. The minimum atomic E-state index is -0.398. The molecule has 0 bridgehead atoms. The molecule has 0 saturated heterocycles. The van der Waals surface area contributed by atoms with Gasteiger partial charge in [-0.2, -0.15) is 4.98 Å². The zero-order valence-electron chi connectivity index (χ0n) is 8.23. The Kier molecular flexibility index (Phi) is 3.63. The second kappa shape index (κ2) is 4.74. The number of ether oxygens (including phenoxy) is 1. The Morgan fingerprint density at radius 1 is 1.71 bits per heavy atom. The standard InChI is InChI=1S/C9H13N3O2/c1-4-5-7(10)9-11-8(12-14-9)6(2)13-3/h1,6-7H,5,10H2,2-3H3. The van der Waals surface area contributed by atoms with Crippen LogP contribution in [-0.2, 0) is 4.74 Å². The lowest BCUT2D eigenvalue weighted by molar-refractivity contribution is 0.109. The zero-order valence-corrected chi connectivity index (χ0v) is 8.23. The first kappa shape index (κ1) is 10.7. The van der Waals surface area contributed by atoms with Crippen LogP contribution in [0.2, 0.25) is 0 Å². The van der Waals surface area contributed by atoms with E-state index in [9.17, 15) is 0 Å². The molecule has 0 aliphatic heterocycles. The summed E-state index contributed by atoms with van der Waals surface area (Å²) in [7, 11) is 1.57. The smallest absolute Gasteiger partial charge is 0.244 e. The van der Waals surface area contributed by atoms with Gasteiger partial charge < -0.3 is 15.0 Å². The van der Waals surface area contributed by atoms with Crippen LogP contribution in [0.1, 0.15) is 37.2 Å². The van der Waals surface area contributed by atoms with E-state index in [2.05, 4.69) is 16.1 Å². The number of hydrogen-bond donors (Lipinski definition) is 1. The van der Waals surface area contributed by atoms with Gasteiger partial charge in [0.1, 0.15) is 6.10 Å². The van der Waals surface area contributed by atoms with Crippen molar-refractivity contribution in [1.29, 1.82) is 0 Å². The van der Waals surface area contributed by atoms with E-state index in [0.29, 0.717) is 18.1 Å². The summed E-state index contributed by atoms with van der Waals surface area (Å²) in [5.41, 5.74) is 5.68. The molecule has 0 amide bonds. The fraction of sp³-hybridized carbons (Fsp3) is 0.556. The van der Waals surface area contributed by atoms with Gasteiger partial charge in [0.05, 0.1) is 6.04 Å². The monoisotopic (exact) mass is 195 g/mol. The molecule has 76 valence electrons. The third kappa shape index (κ3) is 2.31. The van der Waals surface area contributed by atoms with Gasteiger partial charge in [-0.25, -0.2) is 0 Å². The van der Waals surface area contributed by atoms with Crippen LogP contribution in [0.4, 0.5) is 0 Å². The lowest BCUT2D eigenvalue weighted by Gasteiger charge is -2.02. The van der Waals surface area contributed by atoms with Crippen LogP contribution in [0, 0.1) is 12.3 Å². The Morgan fingerprint density at radius 3 is 3.00 bits per heavy atom. The largest absolute Gasteiger partial charge is 0.374 e. The molecule has 1 heterocycles. The van der Waals surface area contributed by atoms with Gasteiger partial charge in [-0.15, -0.1) is 12.3 Å². The van der Waals surface area contributed by atoms with E-state index >= 15 is 0 Å². The Hall–Kier alpha value is -1.38. The van der Waals surface area contributed by atoms with Crippen molar-refractivity contribution in [3.05, 3.63) is 11.7 Å². The van der Waals surface area contributed by atoms with E-state index in [1.54, 1.807) is 7.11 Å². The Bertz CT molecular complexity index is 329. The highest BCUT2D eigenvalue weighted by Crippen LogP contribution is 2.16. The molecular formula is C9H13N3O2. The predicted octanol–water partition coefficient (Wildman–Crippen LogP) is 0.800. The fourth-order valence-electron chi connectivity index (χ4n) is 0.883. The fourth-order valence-corrected chi connectivity index (χ4v) is 0.883. The molecule has 0 aliphatic carbocycles. The topological polar surface area (TPSA) is 74.2 Å². The van der Waals surface area contributed by atoms with E-state index < -0.39 is 6.04 Å². The normalized spacial score (nSPS) is 14.7. The molecule has 0 aliphatic rings. The quantitative estimate of drug-likeness (QED) is 0.719. The van der Waals surface area contributed by atoms with Crippen LogP contribution in [-0.4, -0.2) is 17.3 Å². The molecule has 0 fully saturated rings. The zero-order chi connectivity index (χ0) is 10.6. The summed E-state index contributed by atoms with van der Waals surface area (Å²) in [6, 6.07) is -0.398. The SMILES string of the molecule is C#CCC(N)c1nc(C(C)OC)no1. The summed E-state index contributed by atoms with van der Waals surface area (Å²) in [6.07, 6.45) is 5.29. The van der Waals surface area contributed by atoms with Gasteiger partial charge >= 0.3 is 0 Å². The van der Waals surface area contributed by atoms with Crippen molar-refractivity contribution in [2.45, 2.75) is 25.5 Å². The third-order valence-electron chi connectivity index (χ3n) is 1.83. The molecule has 5 heteroatoms. The van der Waals surface area contributed by atoms with E-state index in [4.69, 9.17) is 21.4 Å². The molecular weight excluding hydrogens is 182 g/mol. The van der Waals surface area contributed by atoms with Gasteiger partial charge in [0.25, 0.3) is 0 Å². The van der Waals surface area contributed by atoms with Crippen molar-refractivity contribution < 1.29 is 9.26 Å². The van der Waals surface area contributed by atoms with Gasteiger partial charge in [0.15, 0.2) is 5.82 Å². The molecule has 2 N–H and O–H groups in total. The van der Waals surface area contributed by atoms with Crippen LogP contribution in [0.15, 0.2) is 4.52 Å². The van der Waals surface area contributed by atoms with E-state index in [1.807, 2.05) is 6.92 Å². The molecule has 0 aromatic carbocycles. The molecule has 2 atom stereocenters. The first-order valence-electron chi connectivity index (χ1n) is 4.24. The van der Waals surface area contributed by atoms with Gasteiger partial charge in [-0.3, -0.25) is 0 Å². The maximum Gasteiger partial charge on any atom is 0.244 e. The summed E-state index contributed by atoms with van der Waals surface area (Å²) in [5, 5.41) is 3.73. The first-order chi connectivity index (χ1) is 6.69. The third-order valence-corrected chi connectivity index (χ3v) is 1.83.